The zero-order valence-electron chi connectivity index (χ0n) is 15.9. The van der Waals surface area contributed by atoms with Crippen LogP contribution in [0.25, 0.3) is 0 Å². The summed E-state index contributed by atoms with van der Waals surface area (Å²) in [6.45, 7) is 3.42. The molecule has 0 radical (unpaired) electrons. The number of aromatic carboxylic acids is 1. The number of para-hydroxylation sites is 1. The van der Waals surface area contributed by atoms with E-state index in [0.717, 1.165) is 0 Å². The van der Waals surface area contributed by atoms with Crippen LogP contribution in [0.2, 0.25) is 0 Å². The van der Waals surface area contributed by atoms with Crippen molar-refractivity contribution < 1.29 is 29.3 Å². The Morgan fingerprint density at radius 1 is 1.17 bits per heavy atom. The van der Waals surface area contributed by atoms with Crippen molar-refractivity contribution in [2.75, 3.05) is 16.8 Å². The minimum Gasteiger partial charge on any atom is -0.507 e. The van der Waals surface area contributed by atoms with Gasteiger partial charge in [-0.3, -0.25) is 9.69 Å². The molecule has 1 aliphatic heterocycles. The zero-order valence-corrected chi connectivity index (χ0v) is 15.9. The molecule has 1 amide bonds. The number of carboxylic acid groups (broad SMARTS) is 1. The zero-order chi connectivity index (χ0) is 21.2. The number of nitrogens with zero attached hydrogens (tertiary/aromatic N) is 1. The lowest BCUT2D eigenvalue weighted by molar-refractivity contribution is -0.147. The molecule has 1 aliphatic rings. The molecule has 29 heavy (non-hydrogen) atoms. The summed E-state index contributed by atoms with van der Waals surface area (Å²) in [5, 5.41) is 21.8. The van der Waals surface area contributed by atoms with E-state index < -0.39 is 29.1 Å². The van der Waals surface area contributed by atoms with Crippen molar-refractivity contribution in [3.05, 3.63) is 65.9 Å². The van der Waals surface area contributed by atoms with E-state index in [1.165, 1.54) is 29.2 Å². The van der Waals surface area contributed by atoms with Crippen LogP contribution in [-0.4, -0.2) is 40.2 Å². The molecule has 0 aromatic heterocycles. The van der Waals surface area contributed by atoms with Gasteiger partial charge in [0.2, 0.25) is 0 Å². The summed E-state index contributed by atoms with van der Waals surface area (Å²) in [4.78, 5) is 38.2. The van der Waals surface area contributed by atoms with E-state index in [-0.39, 0.29) is 17.9 Å². The highest BCUT2D eigenvalue weighted by Gasteiger charge is 2.49. The quantitative estimate of drug-likeness (QED) is 0.643. The molecule has 0 spiro atoms. The van der Waals surface area contributed by atoms with Gasteiger partial charge in [0.1, 0.15) is 17.0 Å². The van der Waals surface area contributed by atoms with Crippen molar-refractivity contribution in [1.82, 2.24) is 0 Å². The van der Waals surface area contributed by atoms with Gasteiger partial charge >= 0.3 is 11.9 Å². The third-order valence-electron chi connectivity index (χ3n) is 4.53. The van der Waals surface area contributed by atoms with Crippen molar-refractivity contribution in [3.8, 4) is 5.75 Å². The van der Waals surface area contributed by atoms with E-state index in [1.54, 1.807) is 44.2 Å². The topological polar surface area (TPSA) is 116 Å². The van der Waals surface area contributed by atoms with Gasteiger partial charge in [-0.1, -0.05) is 18.2 Å². The fourth-order valence-corrected chi connectivity index (χ4v) is 3.16. The van der Waals surface area contributed by atoms with Gasteiger partial charge in [0.05, 0.1) is 6.61 Å². The lowest BCUT2D eigenvalue weighted by Gasteiger charge is -2.32. The molecule has 1 atom stereocenters. The lowest BCUT2D eigenvalue weighted by Crippen LogP contribution is -2.51. The number of esters is 1. The number of carboxylic acids is 1. The van der Waals surface area contributed by atoms with E-state index in [0.29, 0.717) is 11.4 Å². The average molecular weight is 396 g/mol. The van der Waals surface area contributed by atoms with Gasteiger partial charge in [0, 0.05) is 17.4 Å². The minimum atomic E-state index is -1.38. The number of ether oxygens (including phenoxy) is 1. The molecule has 3 rings (SSSR count). The summed E-state index contributed by atoms with van der Waals surface area (Å²) in [6.07, 6.45) is 1.46. The van der Waals surface area contributed by atoms with Crippen molar-refractivity contribution in [2.45, 2.75) is 19.4 Å². The Balaban J connectivity index is 1.99. The first-order chi connectivity index (χ1) is 13.8. The van der Waals surface area contributed by atoms with Crippen LogP contribution in [0.15, 0.2) is 60.3 Å². The summed E-state index contributed by atoms with van der Waals surface area (Å²) in [5.74, 6) is -2.76. The Bertz CT molecular complexity index is 1000. The van der Waals surface area contributed by atoms with Gasteiger partial charge in [0.15, 0.2) is 5.54 Å². The molecule has 0 unspecified atom stereocenters. The van der Waals surface area contributed by atoms with Gasteiger partial charge in [-0.25, -0.2) is 9.59 Å². The molecule has 0 saturated heterocycles. The number of phenols is 1. The van der Waals surface area contributed by atoms with Gasteiger partial charge < -0.3 is 20.3 Å². The van der Waals surface area contributed by atoms with Crippen LogP contribution in [-0.2, 0) is 14.3 Å². The third-order valence-corrected chi connectivity index (χ3v) is 4.53. The Hall–Kier alpha value is -3.81. The van der Waals surface area contributed by atoms with E-state index in [1.807, 2.05) is 0 Å². The van der Waals surface area contributed by atoms with E-state index in [2.05, 4.69) is 5.32 Å². The molecule has 150 valence electrons. The first-order valence-corrected chi connectivity index (χ1v) is 8.91. The number of amides is 1. The van der Waals surface area contributed by atoms with Gasteiger partial charge in [0.25, 0.3) is 5.91 Å². The second kappa shape index (κ2) is 7.67. The number of carbonyl (C=O) groups excluding carboxylic acids is 2. The molecule has 0 bridgehead atoms. The van der Waals surface area contributed by atoms with Crippen LogP contribution in [0.1, 0.15) is 24.2 Å². The van der Waals surface area contributed by atoms with Crippen LogP contribution in [0.3, 0.4) is 0 Å². The van der Waals surface area contributed by atoms with Crippen molar-refractivity contribution in [1.29, 1.82) is 0 Å². The number of hydrogen-bond donors (Lipinski definition) is 3. The summed E-state index contributed by atoms with van der Waals surface area (Å²) in [5.41, 5.74) is -0.713. The molecular weight excluding hydrogens is 376 g/mol. The summed E-state index contributed by atoms with van der Waals surface area (Å²) in [7, 11) is 0. The van der Waals surface area contributed by atoms with Crippen molar-refractivity contribution in [3.63, 3.8) is 0 Å². The smallest absolute Gasteiger partial charge is 0.339 e. The maximum absolute atomic E-state index is 13.1. The number of benzene rings is 2. The Labute approximate surface area is 167 Å². The second-order valence-electron chi connectivity index (χ2n) is 6.56. The number of aromatic hydroxyl groups is 1. The molecule has 1 heterocycles. The summed E-state index contributed by atoms with van der Waals surface area (Å²) < 4.78 is 5.18. The molecule has 8 heteroatoms. The van der Waals surface area contributed by atoms with Crippen LogP contribution in [0.4, 0.5) is 11.4 Å². The first kappa shape index (κ1) is 19.9. The molecule has 0 fully saturated rings. The second-order valence-corrected chi connectivity index (χ2v) is 6.56. The Morgan fingerprint density at radius 2 is 1.86 bits per heavy atom. The van der Waals surface area contributed by atoms with Gasteiger partial charge in [-0.15, -0.1) is 0 Å². The lowest BCUT2D eigenvalue weighted by atomic mass is 10.0. The van der Waals surface area contributed by atoms with Gasteiger partial charge in [-0.05, 0) is 44.2 Å². The van der Waals surface area contributed by atoms with E-state index in [4.69, 9.17) is 9.84 Å². The SMILES string of the molecule is CCOC(=O)[C@@]1(C)C=C(Nc2ccc(C(=O)O)c(O)c2)C(=O)N1c1ccccc1. The van der Waals surface area contributed by atoms with Crippen LogP contribution in [0, 0.1) is 0 Å². The highest BCUT2D eigenvalue weighted by molar-refractivity contribution is 6.16. The average Bonchev–Trinajstić information content (AvgIpc) is 2.93. The number of hydrogen-bond acceptors (Lipinski definition) is 6. The molecular formula is C21H20N2O6. The molecule has 2 aromatic rings. The fraction of sp³-hybridized carbons (Fsp3) is 0.190. The number of nitrogens with one attached hydrogen (secondary N) is 1. The predicted octanol–water partition coefficient (Wildman–Crippen LogP) is 2.75. The Morgan fingerprint density at radius 3 is 2.45 bits per heavy atom. The van der Waals surface area contributed by atoms with Crippen LogP contribution in [0.5, 0.6) is 5.75 Å². The first-order valence-electron chi connectivity index (χ1n) is 8.91. The largest absolute Gasteiger partial charge is 0.507 e. The van der Waals surface area contributed by atoms with E-state index in [9.17, 15) is 19.5 Å². The summed E-state index contributed by atoms with van der Waals surface area (Å²) >= 11 is 0. The number of anilines is 2. The highest BCUT2D eigenvalue weighted by Crippen LogP contribution is 2.35. The normalized spacial score (nSPS) is 18.3. The monoisotopic (exact) mass is 396 g/mol. The predicted molar refractivity (Wildman–Crippen MR) is 106 cm³/mol. The molecule has 2 aromatic carbocycles. The van der Waals surface area contributed by atoms with Gasteiger partial charge in [-0.2, -0.15) is 0 Å². The van der Waals surface area contributed by atoms with Crippen LogP contribution < -0.4 is 10.2 Å². The molecule has 8 nitrogen and oxygen atoms in total. The third kappa shape index (κ3) is 3.64. The molecule has 3 N–H and O–H groups in total. The fourth-order valence-electron chi connectivity index (χ4n) is 3.16. The summed E-state index contributed by atoms with van der Waals surface area (Å²) in [6, 6.07) is 12.6. The number of carbonyl (C=O) groups is 3. The van der Waals surface area contributed by atoms with Crippen molar-refractivity contribution in [2.24, 2.45) is 0 Å². The molecule has 0 saturated carbocycles. The number of rotatable bonds is 6. The standard InChI is InChI=1S/C21H20N2O6/c1-3-29-20(28)21(2)12-16(18(25)23(21)14-7-5-4-6-8-14)22-13-9-10-15(19(26)27)17(24)11-13/h4-12,22,24H,3H2,1-2H3,(H,26,27)/t21-/m1/s1. The Kier molecular flexibility index (Phi) is 5.27. The van der Waals surface area contributed by atoms with E-state index >= 15 is 0 Å². The maximum atomic E-state index is 13.1. The minimum absolute atomic E-state index is 0.104. The maximum Gasteiger partial charge on any atom is 0.339 e. The highest BCUT2D eigenvalue weighted by atomic mass is 16.5. The molecule has 0 aliphatic carbocycles. The van der Waals surface area contributed by atoms with Crippen LogP contribution >= 0.6 is 0 Å². The van der Waals surface area contributed by atoms with Crippen molar-refractivity contribution >= 4 is 29.2 Å².